The van der Waals surface area contributed by atoms with Gasteiger partial charge in [-0.3, -0.25) is 29.0 Å². The van der Waals surface area contributed by atoms with Crippen LogP contribution in [0.5, 0.6) is 0 Å². The number of nitrogens with zero attached hydrogens (tertiary/aromatic N) is 2. The molecule has 3 aliphatic rings. The molecule has 2 aromatic carbocycles. The standard InChI is InChI=1S/C28H28Cl2N4O7/c29-18-11-17(12-19(30)13-18)25(37)31-20-8-9-23(35)33-10-4-7-22(34(33)27(20)39)26(38)32-21-14-24(36)41-28(21)40-15-16-5-2-1-3-6-16/h1-3,5-6,11-13,20-22,28H,4,7-10,14-15H2,(H,31,37)(H,32,38)/t20-,21-,22-,28?/m0/s1. The molecule has 0 aliphatic carbocycles. The van der Waals surface area contributed by atoms with Crippen molar-refractivity contribution in [3.05, 3.63) is 69.7 Å². The summed E-state index contributed by atoms with van der Waals surface area (Å²) >= 11 is 12.0. The van der Waals surface area contributed by atoms with Gasteiger partial charge in [-0.2, -0.15) is 0 Å². The van der Waals surface area contributed by atoms with Gasteiger partial charge in [0.1, 0.15) is 18.1 Å². The van der Waals surface area contributed by atoms with Crippen LogP contribution >= 0.6 is 23.2 Å². The highest BCUT2D eigenvalue weighted by Crippen LogP contribution is 2.27. The van der Waals surface area contributed by atoms with Gasteiger partial charge in [0.05, 0.1) is 13.0 Å². The van der Waals surface area contributed by atoms with E-state index >= 15 is 0 Å². The molecule has 0 bridgehead atoms. The molecule has 3 heterocycles. The van der Waals surface area contributed by atoms with Crippen molar-refractivity contribution >= 4 is 52.8 Å². The second kappa shape index (κ2) is 12.5. The summed E-state index contributed by atoms with van der Waals surface area (Å²) in [5.41, 5.74) is 1.02. The number of cyclic esters (lactones) is 1. The number of hydrogen-bond acceptors (Lipinski definition) is 7. The maximum atomic E-state index is 13.7. The van der Waals surface area contributed by atoms with Crippen LogP contribution < -0.4 is 10.6 Å². The van der Waals surface area contributed by atoms with Crippen LogP contribution in [-0.2, 0) is 35.3 Å². The van der Waals surface area contributed by atoms with Crippen molar-refractivity contribution in [3.63, 3.8) is 0 Å². The predicted molar refractivity (Wildman–Crippen MR) is 146 cm³/mol. The van der Waals surface area contributed by atoms with Crippen molar-refractivity contribution in [2.24, 2.45) is 0 Å². The molecule has 5 rings (SSSR count). The number of hydrazine groups is 1. The topological polar surface area (TPSA) is 134 Å². The van der Waals surface area contributed by atoms with E-state index in [4.69, 9.17) is 32.7 Å². The zero-order valence-electron chi connectivity index (χ0n) is 21.9. The van der Waals surface area contributed by atoms with Crippen molar-refractivity contribution in [2.75, 3.05) is 6.54 Å². The Morgan fingerprint density at radius 2 is 1.73 bits per heavy atom. The smallest absolute Gasteiger partial charge is 0.310 e. The van der Waals surface area contributed by atoms with Gasteiger partial charge in [-0.05, 0) is 43.0 Å². The first kappa shape index (κ1) is 28.8. The van der Waals surface area contributed by atoms with Crippen molar-refractivity contribution in [1.82, 2.24) is 20.7 Å². The number of ether oxygens (including phenoxy) is 2. The molecule has 4 atom stereocenters. The third kappa shape index (κ3) is 6.64. The number of hydrogen-bond donors (Lipinski definition) is 2. The first-order chi connectivity index (χ1) is 19.7. The molecule has 2 N–H and O–H groups in total. The van der Waals surface area contributed by atoms with E-state index in [2.05, 4.69) is 10.6 Å². The molecular weight excluding hydrogens is 575 g/mol. The van der Waals surface area contributed by atoms with Gasteiger partial charge in [-0.1, -0.05) is 53.5 Å². The molecule has 0 aromatic heterocycles. The lowest BCUT2D eigenvalue weighted by molar-refractivity contribution is -0.177. The summed E-state index contributed by atoms with van der Waals surface area (Å²) in [4.78, 5) is 65.3. The normalized spacial score (nSPS) is 24.4. The number of esters is 1. The lowest BCUT2D eigenvalue weighted by Crippen LogP contribution is -2.64. The molecule has 0 radical (unpaired) electrons. The third-order valence-corrected chi connectivity index (χ3v) is 7.58. The number of amides is 4. The fraction of sp³-hybridized carbons (Fsp3) is 0.393. The van der Waals surface area contributed by atoms with Crippen LogP contribution in [0, 0.1) is 0 Å². The van der Waals surface area contributed by atoms with E-state index in [9.17, 15) is 24.0 Å². The van der Waals surface area contributed by atoms with Crippen molar-refractivity contribution in [1.29, 1.82) is 0 Å². The van der Waals surface area contributed by atoms with Gasteiger partial charge >= 0.3 is 5.97 Å². The second-order valence-electron chi connectivity index (χ2n) is 10.1. The van der Waals surface area contributed by atoms with E-state index in [0.29, 0.717) is 6.42 Å². The molecule has 3 saturated heterocycles. The molecule has 41 heavy (non-hydrogen) atoms. The monoisotopic (exact) mass is 602 g/mol. The zero-order valence-corrected chi connectivity index (χ0v) is 23.4. The van der Waals surface area contributed by atoms with Gasteiger partial charge in [0.2, 0.25) is 18.1 Å². The lowest BCUT2D eigenvalue weighted by Gasteiger charge is -2.43. The number of halogens is 2. The summed E-state index contributed by atoms with van der Waals surface area (Å²) in [6, 6.07) is 10.7. The molecule has 1 unspecified atom stereocenters. The average Bonchev–Trinajstić information content (AvgIpc) is 3.25. The minimum absolute atomic E-state index is 0.00179. The molecule has 2 aromatic rings. The molecular formula is C28H28Cl2N4O7. The van der Waals surface area contributed by atoms with Crippen LogP contribution in [0.25, 0.3) is 0 Å². The van der Waals surface area contributed by atoms with Gasteiger partial charge < -0.3 is 20.1 Å². The van der Waals surface area contributed by atoms with E-state index in [-0.39, 0.29) is 60.4 Å². The highest BCUT2D eigenvalue weighted by atomic mass is 35.5. The van der Waals surface area contributed by atoms with Gasteiger partial charge in [-0.25, -0.2) is 5.01 Å². The highest BCUT2D eigenvalue weighted by Gasteiger charge is 2.46. The Hall–Kier alpha value is -3.67. The van der Waals surface area contributed by atoms with Crippen LogP contribution in [-0.4, -0.2) is 70.6 Å². The minimum atomic E-state index is -1.07. The summed E-state index contributed by atoms with van der Waals surface area (Å²) in [6.07, 6.45) is -0.292. The Kier molecular flexibility index (Phi) is 8.77. The molecule has 4 amide bonds. The number of benzene rings is 2. The molecule has 0 saturated carbocycles. The Bertz CT molecular complexity index is 1340. The summed E-state index contributed by atoms with van der Waals surface area (Å²) in [7, 11) is 0. The summed E-state index contributed by atoms with van der Waals surface area (Å²) in [6.45, 7) is 0.424. The first-order valence-corrected chi connectivity index (χ1v) is 14.0. The lowest BCUT2D eigenvalue weighted by atomic mass is 10.0. The maximum absolute atomic E-state index is 13.7. The van der Waals surface area contributed by atoms with E-state index in [0.717, 1.165) is 10.6 Å². The van der Waals surface area contributed by atoms with Gasteiger partial charge in [-0.15, -0.1) is 0 Å². The molecule has 13 heteroatoms. The van der Waals surface area contributed by atoms with Crippen LogP contribution in [0.3, 0.4) is 0 Å². The molecule has 216 valence electrons. The quantitative estimate of drug-likeness (QED) is 0.465. The number of rotatable bonds is 7. The number of carbonyl (C=O) groups is 5. The zero-order chi connectivity index (χ0) is 29.1. The van der Waals surface area contributed by atoms with E-state index in [1.165, 1.54) is 23.2 Å². The first-order valence-electron chi connectivity index (χ1n) is 13.3. The predicted octanol–water partition coefficient (Wildman–Crippen LogP) is 2.59. The number of carbonyl (C=O) groups excluding carboxylic acids is 5. The number of fused-ring (bicyclic) bond motifs is 1. The average molecular weight is 603 g/mol. The van der Waals surface area contributed by atoms with Crippen molar-refractivity contribution in [2.45, 2.75) is 63.1 Å². The van der Waals surface area contributed by atoms with Gasteiger partial charge in [0.15, 0.2) is 0 Å². The number of nitrogens with one attached hydrogen (secondary N) is 2. The van der Waals surface area contributed by atoms with E-state index in [1.807, 2.05) is 30.3 Å². The fourth-order valence-electron chi connectivity index (χ4n) is 5.17. The van der Waals surface area contributed by atoms with Crippen LogP contribution in [0.1, 0.15) is 48.0 Å². The Morgan fingerprint density at radius 3 is 2.46 bits per heavy atom. The maximum Gasteiger partial charge on any atom is 0.310 e. The van der Waals surface area contributed by atoms with Crippen LogP contribution in [0.4, 0.5) is 0 Å². The largest absolute Gasteiger partial charge is 0.433 e. The minimum Gasteiger partial charge on any atom is -0.433 e. The molecule has 3 fully saturated rings. The summed E-state index contributed by atoms with van der Waals surface area (Å²) in [5, 5.41) is 8.38. The summed E-state index contributed by atoms with van der Waals surface area (Å²) in [5.74, 6) is -2.59. The van der Waals surface area contributed by atoms with Crippen molar-refractivity contribution < 1.29 is 33.4 Å². The van der Waals surface area contributed by atoms with Gasteiger partial charge in [0.25, 0.3) is 11.8 Å². The van der Waals surface area contributed by atoms with Crippen LogP contribution in [0.15, 0.2) is 48.5 Å². The third-order valence-electron chi connectivity index (χ3n) is 7.14. The molecule has 11 nitrogen and oxygen atoms in total. The Morgan fingerprint density at radius 1 is 1.00 bits per heavy atom. The Labute approximate surface area is 246 Å². The van der Waals surface area contributed by atoms with Crippen molar-refractivity contribution in [3.8, 4) is 0 Å². The Balaban J connectivity index is 1.30. The second-order valence-corrected chi connectivity index (χ2v) is 10.9. The fourth-order valence-corrected chi connectivity index (χ4v) is 5.70. The van der Waals surface area contributed by atoms with Crippen LogP contribution in [0.2, 0.25) is 10.0 Å². The van der Waals surface area contributed by atoms with Gasteiger partial charge in [0, 0.05) is 28.6 Å². The van der Waals surface area contributed by atoms with E-state index in [1.54, 1.807) is 0 Å². The van der Waals surface area contributed by atoms with E-state index < -0.39 is 48.1 Å². The molecule has 3 aliphatic heterocycles. The SMILES string of the molecule is O=C1C[C@H](NC(=O)[C@@H]2CCCN3C(=O)CC[C@H](NC(=O)c4cc(Cl)cc(Cl)c4)C(=O)N23)C(OCc2ccccc2)O1. The summed E-state index contributed by atoms with van der Waals surface area (Å²) < 4.78 is 11.1. The highest BCUT2D eigenvalue weighted by molar-refractivity contribution is 6.35. The molecule has 0 spiro atoms.